The number of H-pyrrole nitrogens is 3. The van der Waals surface area contributed by atoms with Crippen LogP contribution in [0.3, 0.4) is 0 Å². The summed E-state index contributed by atoms with van der Waals surface area (Å²) in [6.45, 7) is 8.03. The minimum atomic E-state index is -0.306. The molecule has 0 spiro atoms. The number of halogens is 4. The fraction of sp³-hybridized carbons (Fsp3) is 0.259. The number of anilines is 7. The maximum atomic E-state index is 9.39. The summed E-state index contributed by atoms with van der Waals surface area (Å²) in [5.41, 5.74) is 5.73. The van der Waals surface area contributed by atoms with E-state index in [0.717, 1.165) is 69.6 Å². The predicted octanol–water partition coefficient (Wildman–Crippen LogP) is 9.39. The Bertz CT molecular complexity index is 4130. The summed E-state index contributed by atoms with van der Waals surface area (Å²) in [5, 5.41) is 33.7. The third-order valence-corrected chi connectivity index (χ3v) is 13.7. The zero-order valence-corrected chi connectivity index (χ0v) is 48.4. The summed E-state index contributed by atoms with van der Waals surface area (Å²) in [7, 11) is 1.63. The molecule has 0 bridgehead atoms. The van der Waals surface area contributed by atoms with Crippen molar-refractivity contribution in [2.75, 3.05) is 84.2 Å². The van der Waals surface area contributed by atoms with Gasteiger partial charge in [0.05, 0.1) is 82.2 Å². The number of furan rings is 3. The van der Waals surface area contributed by atoms with Crippen LogP contribution in [0.2, 0.25) is 21.1 Å². The van der Waals surface area contributed by atoms with E-state index in [2.05, 4.69) is 91.0 Å². The van der Waals surface area contributed by atoms with Crippen molar-refractivity contribution in [1.82, 2.24) is 69.4 Å². The predicted molar refractivity (Wildman–Crippen MR) is 322 cm³/mol. The number of aromatic amines is 3. The second-order valence-corrected chi connectivity index (χ2v) is 20.2. The van der Waals surface area contributed by atoms with Crippen molar-refractivity contribution >= 4 is 132 Å². The molecule has 1 aromatic carbocycles. The van der Waals surface area contributed by atoms with Gasteiger partial charge in [0.2, 0.25) is 33.0 Å². The number of β-amino-alcohol motifs (C(OH)–C–C–N with tert-alkyl or cyclic N) is 1. The molecule has 440 valence electrons. The van der Waals surface area contributed by atoms with Gasteiger partial charge < -0.3 is 83.5 Å². The summed E-state index contributed by atoms with van der Waals surface area (Å²) in [6.07, 6.45) is 8.30. The Labute approximate surface area is 502 Å². The van der Waals surface area contributed by atoms with E-state index in [9.17, 15) is 5.11 Å². The van der Waals surface area contributed by atoms with Gasteiger partial charge in [-0.2, -0.15) is 44.9 Å². The number of aliphatic hydroxyl groups excluding tert-OH is 2. The number of aryl methyl sites for hydroxylation is 1. The molecule has 85 heavy (non-hydrogen) atoms. The lowest BCUT2D eigenvalue weighted by Gasteiger charge is -2.35. The molecule has 13 heterocycles. The Kier molecular flexibility index (Phi) is 18.2. The fourth-order valence-corrected chi connectivity index (χ4v) is 9.70. The number of hydrogen-bond donors (Lipinski definition) is 9. The van der Waals surface area contributed by atoms with Crippen LogP contribution in [0.1, 0.15) is 22.8 Å². The second kappa shape index (κ2) is 26.7. The molecule has 31 heteroatoms. The molecule has 0 aliphatic carbocycles. The van der Waals surface area contributed by atoms with Crippen LogP contribution in [0.15, 0.2) is 111 Å². The number of rotatable bonds is 16. The summed E-state index contributed by atoms with van der Waals surface area (Å²) >= 11 is 23.9. The van der Waals surface area contributed by atoms with Crippen molar-refractivity contribution in [2.24, 2.45) is 0 Å². The highest BCUT2D eigenvalue weighted by Gasteiger charge is 2.28. The third kappa shape index (κ3) is 14.2. The van der Waals surface area contributed by atoms with Crippen molar-refractivity contribution in [1.29, 1.82) is 0 Å². The van der Waals surface area contributed by atoms with Crippen LogP contribution >= 0.6 is 46.4 Å². The fourth-order valence-electron chi connectivity index (χ4n) is 9.03. The van der Waals surface area contributed by atoms with Gasteiger partial charge in [0.15, 0.2) is 22.9 Å². The number of methoxy groups -OCH3 is 1. The highest BCUT2D eigenvalue weighted by atomic mass is 35.5. The quantitative estimate of drug-likeness (QED) is 0.0407. The first-order valence-electron chi connectivity index (χ1n) is 26.4. The first-order chi connectivity index (χ1) is 41.4. The van der Waals surface area contributed by atoms with E-state index < -0.39 is 0 Å². The van der Waals surface area contributed by atoms with Crippen LogP contribution in [-0.2, 0) is 30.9 Å². The van der Waals surface area contributed by atoms with E-state index in [1.54, 1.807) is 32.1 Å². The first kappa shape index (κ1) is 57.8. The lowest BCUT2D eigenvalue weighted by atomic mass is 10.2. The Hall–Kier alpha value is -8.96. The number of aliphatic hydroxyl groups is 2. The van der Waals surface area contributed by atoms with Gasteiger partial charge in [-0.25, -0.2) is 4.98 Å². The standard InChI is InChI=1S/C14H15ClN6O2.C14H15ClN4O2.C13H13ClN6O2.C13H11ClN4O/c15-13-18-11(16-8-9-2-1-5-23-9)10-12(19-13)20-14(17-10)21-3-6-22-7-4-21;1-9-8-19(4-5-20)13-11(9)12(17-14(15)18-13)16-7-10-3-2-6-21-10;14-12-17-10(15-4-8-2-1-3-22-8)9-11(18-12)19-13(16-9)20-5-7(21)6-20;1-19-9-4-2-3-8(7-9)16-12-10-5-6-15-11(10)17-13(14)18-12/h1-2,5H,3-4,6-8H2,(H2,16,17,18,19,20);2-3,6,8,20H,4-5,7H2,1H3,(H,16,17,18);1-3,7,21H,4-6H2,(H2,15,16,17,18,19);2-7H,1H3,(H2,15,16,17,18). The number of nitrogens with one attached hydrogen (secondary N) is 7. The van der Waals surface area contributed by atoms with Gasteiger partial charge in [0.1, 0.15) is 57.0 Å². The molecule has 0 radical (unpaired) electrons. The zero-order valence-electron chi connectivity index (χ0n) is 45.4. The maximum absolute atomic E-state index is 9.39. The van der Waals surface area contributed by atoms with Crippen molar-refractivity contribution in [3.63, 3.8) is 0 Å². The first-order valence-corrected chi connectivity index (χ1v) is 27.9. The lowest BCUT2D eigenvalue weighted by molar-refractivity contribution is 0.122. The van der Waals surface area contributed by atoms with Crippen LogP contribution in [0.5, 0.6) is 5.75 Å². The van der Waals surface area contributed by atoms with Gasteiger partial charge in [-0.05, 0) is 113 Å². The molecule has 14 rings (SSSR count). The Morgan fingerprint density at radius 3 is 1.76 bits per heavy atom. The smallest absolute Gasteiger partial charge is 0.226 e. The highest BCUT2D eigenvalue weighted by Crippen LogP contribution is 2.31. The van der Waals surface area contributed by atoms with Gasteiger partial charge in [0, 0.05) is 56.9 Å². The second-order valence-electron chi connectivity index (χ2n) is 18.9. The molecule has 0 amide bonds. The summed E-state index contributed by atoms with van der Waals surface area (Å²) in [6, 6.07) is 20.6. The van der Waals surface area contributed by atoms with Gasteiger partial charge >= 0.3 is 0 Å². The van der Waals surface area contributed by atoms with E-state index in [4.69, 9.17) is 74.2 Å². The normalized spacial score (nSPS) is 13.2. The minimum absolute atomic E-state index is 0.0417. The van der Waals surface area contributed by atoms with Crippen molar-refractivity contribution in [2.45, 2.75) is 39.2 Å². The number of imidazole rings is 2. The summed E-state index contributed by atoms with van der Waals surface area (Å²) in [4.78, 5) is 56.0. The lowest BCUT2D eigenvalue weighted by Crippen LogP contribution is -2.51. The van der Waals surface area contributed by atoms with E-state index in [0.29, 0.717) is 110 Å². The number of ether oxygens (including phenoxy) is 2. The molecule has 2 aliphatic rings. The van der Waals surface area contributed by atoms with Crippen molar-refractivity contribution in [3.8, 4) is 5.75 Å². The van der Waals surface area contributed by atoms with Crippen LogP contribution in [0, 0.1) is 6.92 Å². The molecule has 2 fully saturated rings. The van der Waals surface area contributed by atoms with E-state index in [1.165, 1.54) is 0 Å². The largest absolute Gasteiger partial charge is 0.497 e. The summed E-state index contributed by atoms with van der Waals surface area (Å²) in [5.74, 6) is 7.06. The van der Waals surface area contributed by atoms with E-state index in [-0.39, 0.29) is 33.8 Å². The molecule has 0 atom stereocenters. The number of hydrogen-bond acceptors (Lipinski definition) is 23. The average molecular weight is 1240 g/mol. The average Bonchev–Trinajstić information content (AvgIpc) is 3.61. The van der Waals surface area contributed by atoms with Crippen LogP contribution < -0.4 is 35.8 Å². The molecule has 2 saturated heterocycles. The van der Waals surface area contributed by atoms with E-state index in [1.807, 2.05) is 89.3 Å². The number of fused-ring (bicyclic) bond motifs is 4. The number of aromatic nitrogens is 14. The number of benzene rings is 1. The Morgan fingerprint density at radius 2 is 1.20 bits per heavy atom. The number of morpholine rings is 1. The molecule has 0 saturated carbocycles. The van der Waals surface area contributed by atoms with Crippen molar-refractivity contribution in [3.05, 3.63) is 142 Å². The summed E-state index contributed by atoms with van der Waals surface area (Å²) < 4.78 is 28.3. The minimum Gasteiger partial charge on any atom is -0.497 e. The zero-order chi connectivity index (χ0) is 58.8. The van der Waals surface area contributed by atoms with Gasteiger partial charge in [-0.15, -0.1) is 0 Å². The molecule has 2 aliphatic heterocycles. The van der Waals surface area contributed by atoms with Crippen LogP contribution in [-0.4, -0.2) is 139 Å². The van der Waals surface area contributed by atoms with Crippen LogP contribution in [0.4, 0.5) is 40.9 Å². The van der Waals surface area contributed by atoms with Gasteiger partial charge in [-0.1, -0.05) is 6.07 Å². The Balaban J connectivity index is 0.000000118. The number of nitrogens with zero attached hydrogens (tertiary/aromatic N) is 13. The monoisotopic (exact) mass is 1230 g/mol. The molecule has 27 nitrogen and oxygen atoms in total. The molecule has 9 N–H and O–H groups in total. The third-order valence-electron chi connectivity index (χ3n) is 13.1. The van der Waals surface area contributed by atoms with Gasteiger partial charge in [-0.3, -0.25) is 0 Å². The SMILES string of the molecule is COc1cccc(Nc2nc(Cl)nc3[nH]ccc23)c1.Cc1cn(CCO)c2nc(Cl)nc(NCc3ccco3)c12.Clc1nc(NCc2ccco2)c2[nH]c(N3CCOCC3)nc2n1.OC1CN(c2nc3nc(Cl)nc(NCc4ccco4)c3[nH]2)C1. The molecular formula is C54H54Cl4N20O7. The van der Waals surface area contributed by atoms with E-state index >= 15 is 0 Å². The molecule has 0 unspecified atom stereocenters. The van der Waals surface area contributed by atoms with Crippen molar-refractivity contribution < 1.29 is 32.9 Å². The maximum Gasteiger partial charge on any atom is 0.226 e. The molecule has 11 aromatic heterocycles. The molecular weight excluding hydrogens is 1180 g/mol. The van der Waals surface area contributed by atoms with Crippen LogP contribution in [0.25, 0.3) is 44.4 Å². The molecule has 12 aromatic rings. The topological polar surface area (TPSA) is 334 Å². The highest BCUT2D eigenvalue weighted by molar-refractivity contribution is 6.29. The van der Waals surface area contributed by atoms with Gasteiger partial charge in [0.25, 0.3) is 0 Å². The Morgan fingerprint density at radius 1 is 0.647 bits per heavy atom.